The quantitative estimate of drug-likeness (QED) is 0.310. The smallest absolute Gasteiger partial charge is 0.00878 e. The molecule has 0 aromatic rings. The van der Waals surface area contributed by atoms with E-state index in [9.17, 15) is 0 Å². The van der Waals surface area contributed by atoms with Gasteiger partial charge in [-0.25, -0.2) is 13.2 Å². The van der Waals surface area contributed by atoms with E-state index >= 15 is 0 Å². The first-order chi connectivity index (χ1) is 14.7. The molecule has 0 aromatic heterocycles. The third-order valence-electron chi connectivity index (χ3n) is 3.19. The molecule has 31 heavy (non-hydrogen) atoms. The average molecular weight is 522 g/mol. The fourth-order valence-corrected chi connectivity index (χ4v) is 1.73. The zero-order chi connectivity index (χ0) is 23.6. The summed E-state index contributed by atoms with van der Waals surface area (Å²) < 4.78 is 9.64. The van der Waals surface area contributed by atoms with E-state index < -0.39 is 0 Å². The topological polar surface area (TPSA) is 74.9 Å². The van der Waals surface area contributed by atoms with E-state index in [2.05, 4.69) is 21.3 Å². The number of ether oxygens (including phenoxy) is 2. The standard InChI is InChI=1S/4C4H10N.2C4H7O.Zr/c4*1-3-5-4-2;2*1-2-4-5-3-1;/h4*3-4H2,1-2H3;2*3H,1-2,4H2;/q6*-1;. The molecule has 2 aliphatic heterocycles. The SMILES string of the molecule is CC[N-]CC.CC[N-]CC.CC[N-]CC.CC[N-]CC.[CH-]1CCCO1.[CH-]1CCCO1.[Zr]. The van der Waals surface area contributed by atoms with E-state index in [0.717, 1.165) is 78.4 Å². The van der Waals surface area contributed by atoms with Gasteiger partial charge in [-0.15, -0.1) is 0 Å². The normalized spacial score (nSPS) is 13.2. The van der Waals surface area contributed by atoms with Gasteiger partial charge < -0.3 is 30.7 Å². The van der Waals surface area contributed by atoms with Crippen molar-refractivity contribution in [2.24, 2.45) is 0 Å². The Labute approximate surface area is 216 Å². The molecule has 0 bridgehead atoms. The summed E-state index contributed by atoms with van der Waals surface area (Å²) in [6.45, 7) is 29.7. The van der Waals surface area contributed by atoms with Gasteiger partial charge >= 0.3 is 0 Å². The second-order valence-electron chi connectivity index (χ2n) is 5.78. The minimum Gasteiger partial charge on any atom is -0.663 e. The molecule has 0 N–H and O–H groups in total. The second kappa shape index (κ2) is 52.5. The van der Waals surface area contributed by atoms with Crippen LogP contribution < -0.4 is 0 Å². The molecule has 2 rings (SSSR count). The van der Waals surface area contributed by atoms with Crippen molar-refractivity contribution in [3.63, 3.8) is 0 Å². The Kier molecular flexibility index (Phi) is 70.9. The first-order valence-corrected chi connectivity index (χ1v) is 12.1. The average Bonchev–Trinajstić information content (AvgIpc) is 3.51. The Bertz CT molecular complexity index is 165. The van der Waals surface area contributed by atoms with Crippen molar-refractivity contribution >= 4 is 0 Å². The molecule has 0 aromatic carbocycles. The summed E-state index contributed by atoms with van der Waals surface area (Å²) in [5.41, 5.74) is 0. The summed E-state index contributed by atoms with van der Waals surface area (Å²) in [4.78, 5) is 0. The number of nitrogens with zero attached hydrogens (tertiary/aromatic N) is 4. The van der Waals surface area contributed by atoms with Gasteiger partial charge in [0.25, 0.3) is 0 Å². The van der Waals surface area contributed by atoms with Crippen molar-refractivity contribution in [3.8, 4) is 0 Å². The van der Waals surface area contributed by atoms with Crippen LogP contribution in [-0.2, 0) is 35.7 Å². The summed E-state index contributed by atoms with van der Waals surface area (Å²) >= 11 is 0. The molecule has 0 amide bonds. The van der Waals surface area contributed by atoms with E-state index in [4.69, 9.17) is 9.47 Å². The molecule has 2 fully saturated rings. The zero-order valence-corrected chi connectivity index (χ0v) is 24.6. The maximum absolute atomic E-state index is 4.82. The van der Waals surface area contributed by atoms with Crippen LogP contribution in [0.2, 0.25) is 0 Å². The zero-order valence-electron chi connectivity index (χ0n) is 22.2. The van der Waals surface area contributed by atoms with Crippen LogP contribution in [0.25, 0.3) is 21.3 Å². The monoisotopic (exact) mass is 520 g/mol. The Hall–Kier alpha value is 0.643. The third-order valence-corrected chi connectivity index (χ3v) is 3.19. The van der Waals surface area contributed by atoms with E-state index in [1.807, 2.05) is 68.6 Å². The minimum atomic E-state index is 0. The predicted octanol–water partition coefficient (Wildman–Crippen LogP) is 7.51. The molecule has 0 radical (unpaired) electrons. The largest absolute Gasteiger partial charge is 0.663 e. The Morgan fingerprint density at radius 1 is 0.484 bits per heavy atom. The summed E-state index contributed by atoms with van der Waals surface area (Å²) in [5.74, 6) is 0. The molecule has 0 unspecified atom stereocenters. The van der Waals surface area contributed by atoms with Crippen LogP contribution in [-0.4, -0.2) is 65.6 Å². The number of hydrogen-bond donors (Lipinski definition) is 0. The second-order valence-corrected chi connectivity index (χ2v) is 5.78. The van der Waals surface area contributed by atoms with Crippen LogP contribution in [0.5, 0.6) is 0 Å². The molecule has 2 heterocycles. The maximum Gasteiger partial charge on any atom is 0.00878 e. The Morgan fingerprint density at radius 2 is 0.710 bits per heavy atom. The van der Waals surface area contributed by atoms with Crippen LogP contribution in [0.15, 0.2) is 0 Å². The van der Waals surface area contributed by atoms with Crippen LogP contribution >= 0.6 is 0 Å². The summed E-state index contributed by atoms with van der Waals surface area (Å²) in [7, 11) is 0. The molecule has 0 aliphatic carbocycles. The molecular weight excluding hydrogens is 468 g/mol. The molecule has 7 heteroatoms. The molecular formula is C24H54N4O2Zr-6. The maximum atomic E-state index is 4.82. The minimum absolute atomic E-state index is 0. The van der Waals surface area contributed by atoms with Crippen molar-refractivity contribution in [1.29, 1.82) is 0 Å². The van der Waals surface area contributed by atoms with E-state index in [0.29, 0.717) is 0 Å². The van der Waals surface area contributed by atoms with E-state index in [-0.39, 0.29) is 26.2 Å². The van der Waals surface area contributed by atoms with Gasteiger partial charge in [-0.1, -0.05) is 68.2 Å². The fraction of sp³-hybridized carbons (Fsp3) is 0.917. The van der Waals surface area contributed by atoms with Gasteiger partial charge in [-0.3, -0.25) is 0 Å². The number of hydrogen-bond acceptors (Lipinski definition) is 2. The van der Waals surface area contributed by atoms with Gasteiger partial charge in [0.15, 0.2) is 0 Å². The van der Waals surface area contributed by atoms with Crippen LogP contribution in [0.3, 0.4) is 0 Å². The van der Waals surface area contributed by atoms with Crippen molar-refractivity contribution < 1.29 is 35.7 Å². The van der Waals surface area contributed by atoms with Crippen molar-refractivity contribution in [1.82, 2.24) is 0 Å². The van der Waals surface area contributed by atoms with E-state index in [1.54, 1.807) is 0 Å². The molecule has 0 spiro atoms. The summed E-state index contributed by atoms with van der Waals surface area (Å²) in [6.07, 6.45) is 4.75. The first kappa shape index (κ1) is 41.9. The number of rotatable bonds is 8. The Morgan fingerprint density at radius 3 is 0.742 bits per heavy atom. The van der Waals surface area contributed by atoms with E-state index in [1.165, 1.54) is 12.8 Å². The van der Waals surface area contributed by atoms with Gasteiger partial charge in [-0.05, 0) is 0 Å². The fourth-order valence-electron chi connectivity index (χ4n) is 1.73. The van der Waals surface area contributed by atoms with Gasteiger partial charge in [0.05, 0.1) is 0 Å². The Balaban J connectivity index is -0.0000000867. The van der Waals surface area contributed by atoms with Crippen molar-refractivity contribution in [2.45, 2.75) is 81.1 Å². The third kappa shape index (κ3) is 72.3. The predicted molar refractivity (Wildman–Crippen MR) is 137 cm³/mol. The van der Waals surface area contributed by atoms with Crippen LogP contribution in [0.1, 0.15) is 81.1 Å². The summed E-state index contributed by atoms with van der Waals surface area (Å²) in [6, 6.07) is 0. The van der Waals surface area contributed by atoms with Crippen molar-refractivity contribution in [2.75, 3.05) is 65.6 Å². The molecule has 0 atom stereocenters. The van der Waals surface area contributed by atoms with Crippen LogP contribution in [0.4, 0.5) is 0 Å². The van der Waals surface area contributed by atoms with Crippen LogP contribution in [0, 0.1) is 13.2 Å². The van der Waals surface area contributed by atoms with Gasteiger partial charge in [0.1, 0.15) is 0 Å². The van der Waals surface area contributed by atoms with Crippen molar-refractivity contribution in [3.05, 3.63) is 34.5 Å². The molecule has 2 saturated heterocycles. The molecule has 0 saturated carbocycles. The molecule has 192 valence electrons. The van der Waals surface area contributed by atoms with Gasteiger partial charge in [-0.2, -0.15) is 65.2 Å². The first-order valence-electron chi connectivity index (χ1n) is 12.1. The van der Waals surface area contributed by atoms with Gasteiger partial charge in [0, 0.05) is 39.4 Å². The van der Waals surface area contributed by atoms with Gasteiger partial charge in [0.2, 0.25) is 0 Å². The molecule has 6 nitrogen and oxygen atoms in total. The summed E-state index contributed by atoms with van der Waals surface area (Å²) in [5, 5.41) is 15.9. The molecule has 2 aliphatic rings.